The van der Waals surface area contributed by atoms with Crippen molar-refractivity contribution in [2.75, 3.05) is 6.54 Å². The second kappa shape index (κ2) is 5.84. The first kappa shape index (κ1) is 13.5. The average Bonchev–Trinajstić information content (AvgIpc) is 2.43. The molecule has 0 aliphatic carbocycles. The van der Waals surface area contributed by atoms with Crippen molar-refractivity contribution in [3.63, 3.8) is 0 Å². The van der Waals surface area contributed by atoms with Crippen LogP contribution < -0.4 is 11.3 Å². The standard InChI is InChI=1S/C14H19N3O2/c1-10-5-4-8-17(14(10)19)9-11-6-2-3-7-12(11)13(18)16-15/h2-3,6-7,10H,4-5,8-9,15H2,1H3,(H,16,18). The molecule has 1 atom stereocenters. The molecule has 0 radical (unpaired) electrons. The highest BCUT2D eigenvalue weighted by atomic mass is 16.2. The molecule has 2 rings (SSSR count). The first-order chi connectivity index (χ1) is 9.13. The highest BCUT2D eigenvalue weighted by Crippen LogP contribution is 2.20. The van der Waals surface area contributed by atoms with Crippen LogP contribution in [0.2, 0.25) is 0 Å². The zero-order chi connectivity index (χ0) is 13.8. The predicted octanol–water partition coefficient (Wildman–Crippen LogP) is 1.05. The number of nitrogens with one attached hydrogen (secondary N) is 1. The van der Waals surface area contributed by atoms with E-state index in [1.807, 2.05) is 24.0 Å². The molecule has 0 aromatic heterocycles. The zero-order valence-electron chi connectivity index (χ0n) is 11.1. The van der Waals surface area contributed by atoms with Crippen molar-refractivity contribution in [3.8, 4) is 0 Å². The quantitative estimate of drug-likeness (QED) is 0.485. The summed E-state index contributed by atoms with van der Waals surface area (Å²) in [5, 5.41) is 0. The molecule has 1 aliphatic heterocycles. The number of carbonyl (C=O) groups is 2. The van der Waals surface area contributed by atoms with Gasteiger partial charge in [0.05, 0.1) is 0 Å². The van der Waals surface area contributed by atoms with Gasteiger partial charge in [0, 0.05) is 24.6 Å². The van der Waals surface area contributed by atoms with Gasteiger partial charge in [-0.3, -0.25) is 15.0 Å². The molecule has 1 aliphatic rings. The van der Waals surface area contributed by atoms with Crippen LogP contribution in [0.3, 0.4) is 0 Å². The molecule has 1 aromatic rings. The maximum absolute atomic E-state index is 12.1. The fourth-order valence-corrected chi connectivity index (χ4v) is 2.45. The molecule has 0 saturated carbocycles. The Labute approximate surface area is 112 Å². The number of carbonyl (C=O) groups excluding carboxylic acids is 2. The number of piperidine rings is 1. The van der Waals surface area contributed by atoms with Crippen LogP contribution in [-0.4, -0.2) is 23.3 Å². The van der Waals surface area contributed by atoms with Gasteiger partial charge in [-0.15, -0.1) is 0 Å². The lowest BCUT2D eigenvalue weighted by molar-refractivity contribution is -0.138. The van der Waals surface area contributed by atoms with Gasteiger partial charge >= 0.3 is 0 Å². The van der Waals surface area contributed by atoms with Gasteiger partial charge in [0.15, 0.2) is 0 Å². The largest absolute Gasteiger partial charge is 0.338 e. The number of hydrogen-bond acceptors (Lipinski definition) is 3. The van der Waals surface area contributed by atoms with E-state index in [9.17, 15) is 9.59 Å². The predicted molar refractivity (Wildman–Crippen MR) is 71.9 cm³/mol. The van der Waals surface area contributed by atoms with Crippen LogP contribution in [0.4, 0.5) is 0 Å². The number of nitrogen functional groups attached to an aromatic ring is 1. The van der Waals surface area contributed by atoms with Gasteiger partial charge in [0.25, 0.3) is 5.91 Å². The lowest BCUT2D eigenvalue weighted by Crippen LogP contribution is -2.40. The van der Waals surface area contributed by atoms with E-state index in [-0.39, 0.29) is 17.7 Å². The molecule has 102 valence electrons. The number of hydrazine groups is 1. The molecular weight excluding hydrogens is 242 g/mol. The number of likely N-dealkylation sites (tertiary alicyclic amines) is 1. The molecule has 1 unspecified atom stereocenters. The van der Waals surface area contributed by atoms with Crippen LogP contribution in [-0.2, 0) is 11.3 Å². The number of rotatable bonds is 3. The fourth-order valence-electron chi connectivity index (χ4n) is 2.45. The topological polar surface area (TPSA) is 75.4 Å². The van der Waals surface area contributed by atoms with Crippen LogP contribution in [0.25, 0.3) is 0 Å². The lowest BCUT2D eigenvalue weighted by atomic mass is 9.98. The molecule has 5 nitrogen and oxygen atoms in total. The van der Waals surface area contributed by atoms with E-state index in [1.54, 1.807) is 12.1 Å². The lowest BCUT2D eigenvalue weighted by Gasteiger charge is -2.31. The van der Waals surface area contributed by atoms with Crippen molar-refractivity contribution < 1.29 is 9.59 Å². The van der Waals surface area contributed by atoms with E-state index in [0.717, 1.165) is 24.9 Å². The minimum absolute atomic E-state index is 0.0734. The third kappa shape index (κ3) is 2.93. The summed E-state index contributed by atoms with van der Waals surface area (Å²) in [5.41, 5.74) is 3.49. The first-order valence-corrected chi connectivity index (χ1v) is 6.51. The SMILES string of the molecule is CC1CCCN(Cc2ccccc2C(=O)NN)C1=O. The molecule has 1 saturated heterocycles. The summed E-state index contributed by atoms with van der Waals surface area (Å²) < 4.78 is 0. The molecule has 1 fully saturated rings. The van der Waals surface area contributed by atoms with Gasteiger partial charge in [-0.05, 0) is 24.5 Å². The monoisotopic (exact) mass is 261 g/mol. The summed E-state index contributed by atoms with van der Waals surface area (Å²) in [6, 6.07) is 7.22. The van der Waals surface area contributed by atoms with Crippen molar-refractivity contribution >= 4 is 11.8 Å². The van der Waals surface area contributed by atoms with E-state index in [0.29, 0.717) is 12.1 Å². The Morgan fingerprint density at radius 2 is 2.21 bits per heavy atom. The fraction of sp³-hybridized carbons (Fsp3) is 0.429. The van der Waals surface area contributed by atoms with Gasteiger partial charge in [-0.2, -0.15) is 0 Å². The van der Waals surface area contributed by atoms with Crippen LogP contribution in [0.5, 0.6) is 0 Å². The maximum atomic E-state index is 12.1. The van der Waals surface area contributed by atoms with E-state index in [4.69, 9.17) is 5.84 Å². The van der Waals surface area contributed by atoms with Crippen LogP contribution in [0.1, 0.15) is 35.7 Å². The van der Waals surface area contributed by atoms with Gasteiger partial charge < -0.3 is 4.90 Å². The van der Waals surface area contributed by atoms with Crippen molar-refractivity contribution in [2.45, 2.75) is 26.3 Å². The summed E-state index contributed by atoms with van der Waals surface area (Å²) in [6.45, 7) is 3.17. The Morgan fingerprint density at radius 1 is 1.47 bits per heavy atom. The van der Waals surface area contributed by atoms with Gasteiger partial charge in [-0.25, -0.2) is 5.84 Å². The number of amides is 2. The number of nitrogens with two attached hydrogens (primary N) is 1. The zero-order valence-corrected chi connectivity index (χ0v) is 11.1. The Hall–Kier alpha value is -1.88. The average molecular weight is 261 g/mol. The van der Waals surface area contributed by atoms with E-state index in [2.05, 4.69) is 5.43 Å². The first-order valence-electron chi connectivity index (χ1n) is 6.51. The third-order valence-electron chi connectivity index (χ3n) is 3.55. The van der Waals surface area contributed by atoms with Gasteiger partial charge in [0.1, 0.15) is 0 Å². The molecule has 1 aromatic carbocycles. The second-order valence-corrected chi connectivity index (χ2v) is 4.93. The molecule has 2 amide bonds. The van der Waals surface area contributed by atoms with E-state index in [1.165, 1.54) is 0 Å². The summed E-state index contributed by atoms with van der Waals surface area (Å²) in [7, 11) is 0. The summed E-state index contributed by atoms with van der Waals surface area (Å²) >= 11 is 0. The van der Waals surface area contributed by atoms with Crippen molar-refractivity contribution in [2.24, 2.45) is 11.8 Å². The van der Waals surface area contributed by atoms with Crippen LogP contribution in [0.15, 0.2) is 24.3 Å². The number of hydrogen-bond donors (Lipinski definition) is 2. The summed E-state index contributed by atoms with van der Waals surface area (Å²) in [4.78, 5) is 25.6. The Balaban J connectivity index is 2.19. The molecule has 5 heteroatoms. The smallest absolute Gasteiger partial charge is 0.265 e. The summed E-state index contributed by atoms with van der Waals surface area (Å²) in [5.74, 6) is 5.08. The minimum atomic E-state index is -0.326. The van der Waals surface area contributed by atoms with Crippen molar-refractivity contribution in [1.82, 2.24) is 10.3 Å². The van der Waals surface area contributed by atoms with Crippen LogP contribution >= 0.6 is 0 Å². The second-order valence-electron chi connectivity index (χ2n) is 4.93. The highest BCUT2D eigenvalue weighted by Gasteiger charge is 2.25. The molecular formula is C14H19N3O2. The molecule has 19 heavy (non-hydrogen) atoms. The maximum Gasteiger partial charge on any atom is 0.265 e. The Morgan fingerprint density at radius 3 is 2.95 bits per heavy atom. The molecule has 0 spiro atoms. The molecule has 0 bridgehead atoms. The van der Waals surface area contributed by atoms with Crippen LogP contribution in [0, 0.1) is 5.92 Å². The van der Waals surface area contributed by atoms with Gasteiger partial charge in [0.2, 0.25) is 5.91 Å². The highest BCUT2D eigenvalue weighted by molar-refractivity contribution is 5.95. The third-order valence-corrected chi connectivity index (χ3v) is 3.55. The summed E-state index contributed by atoms with van der Waals surface area (Å²) in [6.07, 6.45) is 1.96. The Kier molecular flexibility index (Phi) is 4.16. The minimum Gasteiger partial charge on any atom is -0.338 e. The van der Waals surface area contributed by atoms with Gasteiger partial charge in [-0.1, -0.05) is 25.1 Å². The number of benzene rings is 1. The normalized spacial score (nSPS) is 19.4. The van der Waals surface area contributed by atoms with Crippen molar-refractivity contribution in [1.29, 1.82) is 0 Å². The molecule has 3 N–H and O–H groups in total. The molecule has 1 heterocycles. The Bertz CT molecular complexity index is 487. The van der Waals surface area contributed by atoms with E-state index < -0.39 is 0 Å². The van der Waals surface area contributed by atoms with Crippen molar-refractivity contribution in [3.05, 3.63) is 35.4 Å². The number of nitrogens with zero attached hydrogens (tertiary/aromatic N) is 1. The van der Waals surface area contributed by atoms with E-state index >= 15 is 0 Å².